The molecule has 1 amide bonds. The zero-order chi connectivity index (χ0) is 13.0. The van der Waals surface area contributed by atoms with Crippen molar-refractivity contribution in [3.63, 3.8) is 0 Å². The normalized spacial score (nSPS) is 37.6. The maximum absolute atomic E-state index is 11.1. The van der Waals surface area contributed by atoms with Crippen LogP contribution in [-0.2, 0) is 9.47 Å². The predicted molar refractivity (Wildman–Crippen MR) is 53.9 cm³/mol. The molecule has 0 aromatic carbocycles. The van der Waals surface area contributed by atoms with Crippen molar-refractivity contribution in [3.8, 4) is 0 Å². The van der Waals surface area contributed by atoms with Gasteiger partial charge in [-0.3, -0.25) is 5.32 Å². The Kier molecular flexibility index (Phi) is 5.09. The zero-order valence-electron chi connectivity index (χ0n) is 9.31. The van der Waals surface area contributed by atoms with E-state index in [0.717, 1.165) is 0 Å². The molecule has 5 unspecified atom stereocenters. The molecule has 5 N–H and O–H groups in total. The minimum absolute atomic E-state index is 0.142. The topological polar surface area (TPSA) is 128 Å². The predicted octanol–water partition coefficient (Wildman–Crippen LogP) is -2.47. The van der Waals surface area contributed by atoms with Gasteiger partial charge in [0.25, 0.3) is 0 Å². The number of amides is 1. The summed E-state index contributed by atoms with van der Waals surface area (Å²) >= 11 is 0. The van der Waals surface area contributed by atoms with Gasteiger partial charge < -0.3 is 29.9 Å². The summed E-state index contributed by atoms with van der Waals surface area (Å²) in [7, 11) is 0. The standard InChI is InChI=1S/C9H17NO7/c1-2-16-9(15)10-8-7(14)6(13)5(12)4(3-11)17-8/h4-8,11-14H,2-3H2,1H3,(H,10,15). The van der Waals surface area contributed by atoms with Gasteiger partial charge in [-0.1, -0.05) is 0 Å². The molecule has 1 rings (SSSR count). The van der Waals surface area contributed by atoms with Crippen LogP contribution in [0.25, 0.3) is 0 Å². The first-order valence-electron chi connectivity index (χ1n) is 5.25. The fourth-order valence-corrected chi connectivity index (χ4v) is 1.51. The summed E-state index contributed by atoms with van der Waals surface area (Å²) in [4.78, 5) is 11.1. The van der Waals surface area contributed by atoms with Crippen molar-refractivity contribution in [2.75, 3.05) is 13.2 Å². The summed E-state index contributed by atoms with van der Waals surface area (Å²) in [6.45, 7) is 1.20. The average Bonchev–Trinajstić information content (AvgIpc) is 2.30. The lowest BCUT2D eigenvalue weighted by Gasteiger charge is -2.39. The van der Waals surface area contributed by atoms with Gasteiger partial charge in [-0.2, -0.15) is 0 Å². The van der Waals surface area contributed by atoms with Crippen LogP contribution in [0.4, 0.5) is 4.79 Å². The molecule has 1 aliphatic rings. The molecule has 8 nitrogen and oxygen atoms in total. The van der Waals surface area contributed by atoms with Crippen molar-refractivity contribution >= 4 is 6.09 Å². The summed E-state index contributed by atoms with van der Waals surface area (Å²) in [5, 5.41) is 39.5. The van der Waals surface area contributed by atoms with Crippen LogP contribution >= 0.6 is 0 Å². The first kappa shape index (κ1) is 14.1. The summed E-state index contributed by atoms with van der Waals surface area (Å²) < 4.78 is 9.60. The number of carbonyl (C=O) groups excluding carboxylic acids is 1. The van der Waals surface area contributed by atoms with Crippen molar-refractivity contribution in [2.24, 2.45) is 0 Å². The smallest absolute Gasteiger partial charge is 0.409 e. The van der Waals surface area contributed by atoms with Crippen LogP contribution in [0.1, 0.15) is 6.92 Å². The number of aliphatic hydroxyl groups excluding tert-OH is 4. The molecule has 8 heteroatoms. The molecular weight excluding hydrogens is 234 g/mol. The Bertz CT molecular complexity index is 260. The largest absolute Gasteiger partial charge is 0.450 e. The average molecular weight is 251 g/mol. The minimum atomic E-state index is -1.52. The maximum Gasteiger partial charge on any atom is 0.409 e. The molecule has 0 spiro atoms. The Morgan fingerprint density at radius 3 is 2.47 bits per heavy atom. The van der Waals surface area contributed by atoms with Crippen molar-refractivity contribution in [3.05, 3.63) is 0 Å². The van der Waals surface area contributed by atoms with Gasteiger partial charge in [-0.15, -0.1) is 0 Å². The molecule has 0 aromatic heterocycles. The molecule has 1 heterocycles. The van der Waals surface area contributed by atoms with Crippen LogP contribution in [-0.4, -0.2) is 70.4 Å². The molecule has 100 valence electrons. The number of carbonyl (C=O) groups is 1. The van der Waals surface area contributed by atoms with E-state index in [1.54, 1.807) is 6.92 Å². The van der Waals surface area contributed by atoms with E-state index in [1.807, 2.05) is 0 Å². The summed E-state index contributed by atoms with van der Waals surface area (Å²) in [6.07, 6.45) is -7.60. The number of rotatable bonds is 3. The van der Waals surface area contributed by atoms with Crippen molar-refractivity contribution in [1.82, 2.24) is 5.32 Å². The molecule has 0 aromatic rings. The number of nitrogens with one attached hydrogen (secondary N) is 1. The van der Waals surface area contributed by atoms with Gasteiger partial charge in [-0.05, 0) is 6.92 Å². The van der Waals surface area contributed by atoms with E-state index in [-0.39, 0.29) is 6.61 Å². The maximum atomic E-state index is 11.1. The van der Waals surface area contributed by atoms with Gasteiger partial charge in [0, 0.05) is 0 Å². The molecule has 1 saturated heterocycles. The SMILES string of the molecule is CCOC(=O)NC1OC(CO)C(O)C(O)C1O. The zero-order valence-corrected chi connectivity index (χ0v) is 9.31. The molecule has 17 heavy (non-hydrogen) atoms. The molecule has 0 aliphatic carbocycles. The molecule has 1 aliphatic heterocycles. The Balaban J connectivity index is 2.62. The quantitative estimate of drug-likeness (QED) is 0.376. The minimum Gasteiger partial charge on any atom is -0.450 e. The summed E-state index contributed by atoms with van der Waals surface area (Å²) in [6, 6.07) is 0. The van der Waals surface area contributed by atoms with Gasteiger partial charge in [0.05, 0.1) is 13.2 Å². The van der Waals surface area contributed by atoms with Gasteiger partial charge in [-0.25, -0.2) is 4.79 Å². The Hall–Kier alpha value is -0.930. The Morgan fingerprint density at radius 1 is 1.29 bits per heavy atom. The van der Waals surface area contributed by atoms with Crippen LogP contribution in [0.15, 0.2) is 0 Å². The van der Waals surface area contributed by atoms with Crippen molar-refractivity contribution < 1.29 is 34.7 Å². The van der Waals surface area contributed by atoms with Gasteiger partial charge in [0.1, 0.15) is 24.4 Å². The molecule has 5 atom stereocenters. The first-order valence-corrected chi connectivity index (χ1v) is 5.25. The fraction of sp³-hybridized carbons (Fsp3) is 0.889. The third kappa shape index (κ3) is 3.27. The number of alkyl carbamates (subject to hydrolysis) is 1. The fourth-order valence-electron chi connectivity index (χ4n) is 1.51. The highest BCUT2D eigenvalue weighted by atomic mass is 16.6. The second-order valence-corrected chi connectivity index (χ2v) is 3.61. The Morgan fingerprint density at radius 2 is 1.94 bits per heavy atom. The highest BCUT2D eigenvalue weighted by Gasteiger charge is 2.44. The van der Waals surface area contributed by atoms with E-state index in [1.165, 1.54) is 0 Å². The van der Waals surface area contributed by atoms with Crippen molar-refractivity contribution in [2.45, 2.75) is 37.6 Å². The van der Waals surface area contributed by atoms with E-state index in [0.29, 0.717) is 0 Å². The highest BCUT2D eigenvalue weighted by Crippen LogP contribution is 2.19. The van der Waals surface area contributed by atoms with Crippen LogP contribution < -0.4 is 5.32 Å². The lowest BCUT2D eigenvalue weighted by atomic mass is 9.98. The molecule has 0 saturated carbocycles. The Labute approximate surface area is 97.8 Å². The lowest BCUT2D eigenvalue weighted by molar-refractivity contribution is -0.234. The third-order valence-corrected chi connectivity index (χ3v) is 2.43. The van der Waals surface area contributed by atoms with E-state index in [4.69, 9.17) is 9.84 Å². The second kappa shape index (κ2) is 6.12. The van der Waals surface area contributed by atoms with Crippen LogP contribution in [0.2, 0.25) is 0 Å². The number of aliphatic hydroxyl groups is 4. The summed E-state index contributed by atoms with van der Waals surface area (Å²) in [5.74, 6) is 0. The van der Waals surface area contributed by atoms with Gasteiger partial charge in [0.15, 0.2) is 6.23 Å². The van der Waals surface area contributed by atoms with E-state index >= 15 is 0 Å². The van der Waals surface area contributed by atoms with E-state index in [2.05, 4.69) is 10.1 Å². The number of ether oxygens (including phenoxy) is 2. The number of hydrogen-bond acceptors (Lipinski definition) is 7. The second-order valence-electron chi connectivity index (χ2n) is 3.61. The highest BCUT2D eigenvalue weighted by molar-refractivity contribution is 5.67. The van der Waals surface area contributed by atoms with Gasteiger partial charge in [0.2, 0.25) is 0 Å². The molecule has 0 bridgehead atoms. The van der Waals surface area contributed by atoms with Crippen LogP contribution in [0, 0.1) is 0 Å². The van der Waals surface area contributed by atoms with E-state index < -0.39 is 43.3 Å². The number of hydrogen-bond donors (Lipinski definition) is 5. The third-order valence-electron chi connectivity index (χ3n) is 2.43. The van der Waals surface area contributed by atoms with Crippen LogP contribution in [0.5, 0.6) is 0 Å². The first-order chi connectivity index (χ1) is 8.01. The molecule has 1 fully saturated rings. The van der Waals surface area contributed by atoms with Crippen molar-refractivity contribution in [1.29, 1.82) is 0 Å². The summed E-state index contributed by atoms with van der Waals surface area (Å²) in [5.41, 5.74) is 0. The van der Waals surface area contributed by atoms with Crippen LogP contribution in [0.3, 0.4) is 0 Å². The monoisotopic (exact) mass is 251 g/mol. The molecule has 0 radical (unpaired) electrons. The molecular formula is C9H17NO7. The van der Waals surface area contributed by atoms with E-state index in [9.17, 15) is 20.1 Å². The van der Waals surface area contributed by atoms with Gasteiger partial charge >= 0.3 is 6.09 Å². The lowest BCUT2D eigenvalue weighted by Crippen LogP contribution is -2.63.